The molecule has 5 heteroatoms. The van der Waals surface area contributed by atoms with Gasteiger partial charge >= 0.3 is 0 Å². The van der Waals surface area contributed by atoms with Crippen molar-refractivity contribution in [2.75, 3.05) is 52.4 Å². The van der Waals surface area contributed by atoms with Gasteiger partial charge in [0.15, 0.2) is 0 Å². The first kappa shape index (κ1) is 20.0. The van der Waals surface area contributed by atoms with Gasteiger partial charge in [-0.1, -0.05) is 11.1 Å². The van der Waals surface area contributed by atoms with Crippen LogP contribution in [-0.4, -0.2) is 62.2 Å². The first-order chi connectivity index (χ1) is 9.99. The van der Waals surface area contributed by atoms with Crippen LogP contribution in [0, 0.1) is 0 Å². The molecule has 0 atom stereocenters. The van der Waals surface area contributed by atoms with Gasteiger partial charge in [-0.15, -0.1) is 0 Å². The Morgan fingerprint density at radius 1 is 0.762 bits per heavy atom. The largest absolute Gasteiger partial charge is 0.375 e. The fourth-order valence-corrected chi connectivity index (χ4v) is 2.11. The average molecular weight is 297 g/mol. The Balaban J connectivity index is 3.96. The van der Waals surface area contributed by atoms with Gasteiger partial charge in [-0.05, 0) is 40.1 Å². The van der Waals surface area contributed by atoms with E-state index < -0.39 is 0 Å². The smallest absolute Gasteiger partial charge is 0.0298 e. The highest BCUT2D eigenvalue weighted by atomic mass is 15.1. The van der Waals surface area contributed by atoms with Crippen LogP contribution in [0.1, 0.15) is 27.7 Å². The summed E-state index contributed by atoms with van der Waals surface area (Å²) in [6.45, 7) is 15.6. The van der Waals surface area contributed by atoms with E-state index >= 15 is 0 Å². The van der Waals surface area contributed by atoms with E-state index in [2.05, 4.69) is 55.2 Å². The Morgan fingerprint density at radius 3 is 1.43 bits per heavy atom. The number of hydrogen-bond acceptors (Lipinski definition) is 5. The highest BCUT2D eigenvalue weighted by molar-refractivity contribution is 4.94. The molecule has 0 spiro atoms. The SMILES string of the molecule is CC(C)=CN(CCN)CCNCCN(C=C(C)C)CCN. The Morgan fingerprint density at radius 2 is 1.14 bits per heavy atom. The molecule has 0 radical (unpaired) electrons. The van der Waals surface area contributed by atoms with Gasteiger partial charge in [-0.3, -0.25) is 0 Å². The quantitative estimate of drug-likeness (QED) is 0.468. The lowest BCUT2D eigenvalue weighted by Crippen LogP contribution is -2.36. The summed E-state index contributed by atoms with van der Waals surface area (Å²) in [5.74, 6) is 0. The number of nitrogens with two attached hydrogens (primary N) is 2. The van der Waals surface area contributed by atoms with Crippen molar-refractivity contribution in [3.05, 3.63) is 23.5 Å². The molecule has 0 saturated heterocycles. The molecule has 0 heterocycles. The Kier molecular flexibility index (Phi) is 12.1. The molecule has 5 N–H and O–H groups in total. The molecule has 21 heavy (non-hydrogen) atoms. The van der Waals surface area contributed by atoms with E-state index in [1.807, 2.05) is 0 Å². The molecule has 0 aromatic carbocycles. The van der Waals surface area contributed by atoms with Crippen molar-refractivity contribution in [3.63, 3.8) is 0 Å². The molecule has 0 saturated carbocycles. The second-order valence-corrected chi connectivity index (χ2v) is 5.81. The Labute approximate surface area is 131 Å². The van der Waals surface area contributed by atoms with E-state index in [-0.39, 0.29) is 0 Å². The zero-order chi connectivity index (χ0) is 16.1. The van der Waals surface area contributed by atoms with E-state index in [1.165, 1.54) is 11.1 Å². The minimum Gasteiger partial charge on any atom is -0.375 e. The number of rotatable bonds is 12. The molecule has 0 fully saturated rings. The normalized spacial score (nSPS) is 10.2. The molecular formula is C16H35N5. The van der Waals surface area contributed by atoms with Crippen molar-refractivity contribution in [3.8, 4) is 0 Å². The van der Waals surface area contributed by atoms with Crippen LogP contribution in [0.15, 0.2) is 23.5 Å². The second-order valence-electron chi connectivity index (χ2n) is 5.81. The molecule has 5 nitrogen and oxygen atoms in total. The van der Waals surface area contributed by atoms with Gasteiger partial charge in [0.25, 0.3) is 0 Å². The number of nitrogens with one attached hydrogen (secondary N) is 1. The van der Waals surface area contributed by atoms with Crippen LogP contribution in [0.2, 0.25) is 0 Å². The second kappa shape index (κ2) is 12.7. The monoisotopic (exact) mass is 297 g/mol. The summed E-state index contributed by atoms with van der Waals surface area (Å²) in [6, 6.07) is 0. The van der Waals surface area contributed by atoms with Crippen LogP contribution in [0.5, 0.6) is 0 Å². The van der Waals surface area contributed by atoms with Crippen molar-refractivity contribution in [1.82, 2.24) is 15.1 Å². The van der Waals surface area contributed by atoms with Crippen LogP contribution >= 0.6 is 0 Å². The molecule has 0 aliphatic carbocycles. The van der Waals surface area contributed by atoms with Crippen LogP contribution < -0.4 is 16.8 Å². The maximum absolute atomic E-state index is 5.64. The molecule has 0 aliphatic heterocycles. The molecular weight excluding hydrogens is 262 g/mol. The summed E-state index contributed by atoms with van der Waals surface area (Å²) in [5.41, 5.74) is 13.9. The Bertz CT molecular complexity index is 274. The van der Waals surface area contributed by atoms with Gasteiger partial charge < -0.3 is 26.6 Å². The van der Waals surface area contributed by atoms with Crippen molar-refractivity contribution in [2.45, 2.75) is 27.7 Å². The fraction of sp³-hybridized carbons (Fsp3) is 0.750. The zero-order valence-corrected chi connectivity index (χ0v) is 14.4. The zero-order valence-electron chi connectivity index (χ0n) is 14.4. The van der Waals surface area contributed by atoms with Crippen LogP contribution in [0.25, 0.3) is 0 Å². The van der Waals surface area contributed by atoms with E-state index in [9.17, 15) is 0 Å². The molecule has 0 unspecified atom stereocenters. The standard InChI is InChI=1S/C16H35N5/c1-15(2)13-20(9-5-17)11-7-19-8-12-21(10-6-18)14-16(3)4/h13-14,19H,5-12,17-18H2,1-4H3. The number of allylic oxidation sites excluding steroid dienone is 2. The van der Waals surface area contributed by atoms with E-state index in [1.54, 1.807) is 0 Å². The molecule has 0 aliphatic rings. The van der Waals surface area contributed by atoms with E-state index in [0.29, 0.717) is 13.1 Å². The van der Waals surface area contributed by atoms with Gasteiger partial charge in [-0.2, -0.15) is 0 Å². The summed E-state index contributed by atoms with van der Waals surface area (Å²) >= 11 is 0. The van der Waals surface area contributed by atoms with Crippen molar-refractivity contribution < 1.29 is 0 Å². The lowest BCUT2D eigenvalue weighted by atomic mass is 10.3. The van der Waals surface area contributed by atoms with Crippen LogP contribution in [-0.2, 0) is 0 Å². The average Bonchev–Trinajstić information content (AvgIpc) is 2.37. The summed E-state index contributed by atoms with van der Waals surface area (Å²) in [4.78, 5) is 4.55. The van der Waals surface area contributed by atoms with Crippen molar-refractivity contribution in [1.29, 1.82) is 0 Å². The molecule has 0 bridgehead atoms. The lowest BCUT2D eigenvalue weighted by molar-refractivity contribution is 0.353. The third-order valence-corrected chi connectivity index (χ3v) is 2.87. The maximum atomic E-state index is 5.64. The third kappa shape index (κ3) is 12.4. The predicted molar refractivity (Wildman–Crippen MR) is 93.0 cm³/mol. The predicted octanol–water partition coefficient (Wildman–Crippen LogP) is 0.945. The molecule has 124 valence electrons. The first-order valence-electron chi connectivity index (χ1n) is 7.88. The first-order valence-corrected chi connectivity index (χ1v) is 7.88. The van der Waals surface area contributed by atoms with Gasteiger partial charge in [0, 0.05) is 52.4 Å². The Hall–Kier alpha value is -1.04. The number of nitrogens with zero attached hydrogens (tertiary/aromatic N) is 2. The van der Waals surface area contributed by atoms with Gasteiger partial charge in [0.1, 0.15) is 0 Å². The topological polar surface area (TPSA) is 70.5 Å². The molecule has 0 aromatic rings. The third-order valence-electron chi connectivity index (χ3n) is 2.87. The van der Waals surface area contributed by atoms with Crippen molar-refractivity contribution >= 4 is 0 Å². The van der Waals surface area contributed by atoms with Crippen LogP contribution in [0.3, 0.4) is 0 Å². The van der Waals surface area contributed by atoms with Crippen LogP contribution in [0.4, 0.5) is 0 Å². The van der Waals surface area contributed by atoms with Crippen molar-refractivity contribution in [2.24, 2.45) is 11.5 Å². The fourth-order valence-electron chi connectivity index (χ4n) is 2.11. The van der Waals surface area contributed by atoms with Gasteiger partial charge in [0.05, 0.1) is 0 Å². The summed E-state index contributed by atoms with van der Waals surface area (Å²) in [5, 5.41) is 3.49. The minimum atomic E-state index is 0.689. The highest BCUT2D eigenvalue weighted by Gasteiger charge is 2.00. The minimum absolute atomic E-state index is 0.689. The summed E-state index contributed by atoms with van der Waals surface area (Å²) in [7, 11) is 0. The maximum Gasteiger partial charge on any atom is 0.0298 e. The van der Waals surface area contributed by atoms with Gasteiger partial charge in [-0.25, -0.2) is 0 Å². The molecule has 0 amide bonds. The number of hydrogen-bond donors (Lipinski definition) is 3. The van der Waals surface area contributed by atoms with E-state index in [0.717, 1.165) is 39.3 Å². The van der Waals surface area contributed by atoms with E-state index in [4.69, 9.17) is 11.5 Å². The summed E-state index contributed by atoms with van der Waals surface area (Å²) < 4.78 is 0. The molecule has 0 rings (SSSR count). The summed E-state index contributed by atoms with van der Waals surface area (Å²) in [6.07, 6.45) is 4.36. The van der Waals surface area contributed by atoms with Gasteiger partial charge in [0.2, 0.25) is 0 Å². The lowest BCUT2D eigenvalue weighted by Gasteiger charge is -2.23. The molecule has 0 aromatic heterocycles. The highest BCUT2D eigenvalue weighted by Crippen LogP contribution is 1.96.